The van der Waals surface area contributed by atoms with Crippen LogP contribution >= 0.6 is 11.6 Å². The first-order valence-electron chi connectivity index (χ1n) is 6.31. The number of benzene rings is 1. The lowest BCUT2D eigenvalue weighted by Gasteiger charge is -2.20. The maximum absolute atomic E-state index is 12.6. The lowest BCUT2D eigenvalue weighted by atomic mass is 10.2. The second-order valence-corrected chi connectivity index (χ2v) is 6.88. The Labute approximate surface area is 130 Å². The highest BCUT2D eigenvalue weighted by Crippen LogP contribution is 2.33. The van der Waals surface area contributed by atoms with Crippen LogP contribution in [0.3, 0.4) is 0 Å². The van der Waals surface area contributed by atoms with Crippen LogP contribution in [0.25, 0.3) is 0 Å². The molecular formula is C13H20ClNO5S. The van der Waals surface area contributed by atoms with Crippen LogP contribution < -0.4 is 4.74 Å². The van der Waals surface area contributed by atoms with E-state index in [4.69, 9.17) is 21.1 Å². The summed E-state index contributed by atoms with van der Waals surface area (Å²) in [6, 6.07) is 2.80. The zero-order valence-corrected chi connectivity index (χ0v) is 13.9. The lowest BCUT2D eigenvalue weighted by Crippen LogP contribution is -2.29. The Morgan fingerprint density at radius 1 is 1.33 bits per heavy atom. The van der Waals surface area contributed by atoms with Crippen molar-refractivity contribution in [3.05, 3.63) is 22.7 Å². The van der Waals surface area contributed by atoms with Gasteiger partial charge >= 0.3 is 0 Å². The molecule has 1 aromatic rings. The maximum atomic E-state index is 12.6. The van der Waals surface area contributed by atoms with E-state index in [1.54, 1.807) is 7.11 Å². The number of hydrogen-bond acceptors (Lipinski definition) is 5. The van der Waals surface area contributed by atoms with E-state index in [-0.39, 0.29) is 22.3 Å². The topological polar surface area (TPSA) is 76.1 Å². The minimum atomic E-state index is -3.76. The van der Waals surface area contributed by atoms with Crippen molar-refractivity contribution in [2.24, 2.45) is 0 Å². The van der Waals surface area contributed by atoms with Gasteiger partial charge in [-0.15, -0.1) is 0 Å². The zero-order valence-electron chi connectivity index (χ0n) is 12.3. The molecule has 0 aromatic heterocycles. The van der Waals surface area contributed by atoms with E-state index in [0.29, 0.717) is 25.1 Å². The Kier molecular flexibility index (Phi) is 6.89. The van der Waals surface area contributed by atoms with E-state index in [0.717, 1.165) is 0 Å². The van der Waals surface area contributed by atoms with Gasteiger partial charge in [0.2, 0.25) is 10.0 Å². The van der Waals surface area contributed by atoms with E-state index in [1.165, 1.54) is 30.6 Å². The van der Waals surface area contributed by atoms with Crippen molar-refractivity contribution in [1.29, 1.82) is 0 Å². The lowest BCUT2D eigenvalue weighted by molar-refractivity contribution is 0.189. The van der Waals surface area contributed by atoms with Crippen LogP contribution in [-0.4, -0.2) is 52.2 Å². The Bertz CT molecular complexity index is 576. The summed E-state index contributed by atoms with van der Waals surface area (Å²) in [5.74, 6) is 0.112. The summed E-state index contributed by atoms with van der Waals surface area (Å²) in [7, 11) is 0.627. The van der Waals surface area contributed by atoms with Gasteiger partial charge in [-0.1, -0.05) is 11.6 Å². The molecule has 0 radical (unpaired) electrons. The molecule has 1 rings (SSSR count). The smallest absolute Gasteiger partial charge is 0.246 e. The van der Waals surface area contributed by atoms with Crippen LogP contribution in [-0.2, 0) is 21.4 Å². The molecule has 0 amide bonds. The number of aliphatic hydroxyl groups excluding tert-OH is 1. The van der Waals surface area contributed by atoms with Crippen LogP contribution in [0.1, 0.15) is 12.0 Å². The number of sulfonamides is 1. The van der Waals surface area contributed by atoms with Gasteiger partial charge in [0.15, 0.2) is 0 Å². The number of rotatable bonds is 8. The van der Waals surface area contributed by atoms with Crippen molar-refractivity contribution in [3.63, 3.8) is 0 Å². The van der Waals surface area contributed by atoms with Crippen molar-refractivity contribution in [2.45, 2.75) is 17.9 Å². The third-order valence-corrected chi connectivity index (χ3v) is 5.06. The molecular weight excluding hydrogens is 318 g/mol. The zero-order chi connectivity index (χ0) is 16.0. The monoisotopic (exact) mass is 337 g/mol. The van der Waals surface area contributed by atoms with E-state index in [1.807, 2.05) is 0 Å². The van der Waals surface area contributed by atoms with Crippen molar-refractivity contribution < 1.29 is 23.0 Å². The fraction of sp³-hybridized carbons (Fsp3) is 0.538. The number of aliphatic hydroxyl groups is 1. The highest BCUT2D eigenvalue weighted by molar-refractivity contribution is 7.89. The quantitative estimate of drug-likeness (QED) is 0.727. The second kappa shape index (κ2) is 7.95. The predicted octanol–water partition coefficient (Wildman–Crippen LogP) is 1.50. The highest BCUT2D eigenvalue weighted by Gasteiger charge is 2.26. The summed E-state index contributed by atoms with van der Waals surface area (Å²) in [5.41, 5.74) is 0.328. The third-order valence-electron chi connectivity index (χ3n) is 2.98. The number of methoxy groups -OCH3 is 2. The van der Waals surface area contributed by atoms with Crippen molar-refractivity contribution in [1.82, 2.24) is 4.31 Å². The molecule has 0 saturated heterocycles. The minimum absolute atomic E-state index is 0.0542. The van der Waals surface area contributed by atoms with E-state index < -0.39 is 10.0 Å². The first-order valence-corrected chi connectivity index (χ1v) is 8.12. The molecule has 8 heteroatoms. The van der Waals surface area contributed by atoms with Gasteiger partial charge in [0.25, 0.3) is 0 Å². The molecule has 120 valence electrons. The van der Waals surface area contributed by atoms with Crippen molar-refractivity contribution in [3.8, 4) is 5.75 Å². The summed E-state index contributed by atoms with van der Waals surface area (Å²) < 4.78 is 36.4. The fourth-order valence-electron chi connectivity index (χ4n) is 1.88. The Balaban J connectivity index is 3.21. The standard InChI is InChI=1S/C13H20ClNO5S/c1-15(5-4-6-19-2)21(17,18)12-8-11(14)7-10(9-16)13(12)20-3/h7-8,16H,4-6,9H2,1-3H3. The van der Waals surface area contributed by atoms with Gasteiger partial charge in [-0.3, -0.25) is 0 Å². The molecule has 0 aliphatic heterocycles. The molecule has 0 heterocycles. The minimum Gasteiger partial charge on any atom is -0.495 e. The largest absolute Gasteiger partial charge is 0.495 e. The molecule has 0 spiro atoms. The molecule has 0 aliphatic carbocycles. The van der Waals surface area contributed by atoms with Gasteiger partial charge < -0.3 is 14.6 Å². The summed E-state index contributed by atoms with van der Waals surface area (Å²) in [6.07, 6.45) is 0.571. The molecule has 6 nitrogen and oxygen atoms in total. The highest BCUT2D eigenvalue weighted by atomic mass is 35.5. The molecule has 0 saturated carbocycles. The SMILES string of the molecule is COCCCN(C)S(=O)(=O)c1cc(Cl)cc(CO)c1OC. The normalized spacial score (nSPS) is 11.9. The number of nitrogens with zero attached hydrogens (tertiary/aromatic N) is 1. The molecule has 0 aliphatic rings. The van der Waals surface area contributed by atoms with Crippen LogP contribution in [0, 0.1) is 0 Å². The Morgan fingerprint density at radius 3 is 2.52 bits per heavy atom. The van der Waals surface area contributed by atoms with Gasteiger partial charge in [-0.2, -0.15) is 0 Å². The van der Waals surface area contributed by atoms with Crippen molar-refractivity contribution in [2.75, 3.05) is 34.4 Å². The summed E-state index contributed by atoms with van der Waals surface area (Å²) in [6.45, 7) is 0.411. The summed E-state index contributed by atoms with van der Waals surface area (Å²) in [4.78, 5) is -0.0542. The molecule has 1 N–H and O–H groups in total. The van der Waals surface area contributed by atoms with E-state index >= 15 is 0 Å². The number of halogens is 1. The molecule has 0 unspecified atom stereocenters. The van der Waals surface area contributed by atoms with Crippen LogP contribution in [0.2, 0.25) is 5.02 Å². The Morgan fingerprint density at radius 2 is 2.00 bits per heavy atom. The van der Waals surface area contributed by atoms with Gasteiger partial charge in [0.05, 0.1) is 13.7 Å². The van der Waals surface area contributed by atoms with Crippen LogP contribution in [0.15, 0.2) is 17.0 Å². The average Bonchev–Trinajstić information content (AvgIpc) is 2.46. The predicted molar refractivity (Wildman–Crippen MR) is 80.2 cm³/mol. The molecule has 21 heavy (non-hydrogen) atoms. The van der Waals surface area contributed by atoms with E-state index in [9.17, 15) is 13.5 Å². The van der Waals surface area contributed by atoms with Gasteiger partial charge in [-0.25, -0.2) is 12.7 Å². The summed E-state index contributed by atoms with van der Waals surface area (Å²) >= 11 is 5.93. The second-order valence-electron chi connectivity index (χ2n) is 4.43. The first kappa shape index (κ1) is 18.2. The molecule has 0 atom stereocenters. The summed E-state index contributed by atoms with van der Waals surface area (Å²) in [5, 5.41) is 9.54. The third kappa shape index (κ3) is 4.31. The molecule has 1 aromatic carbocycles. The number of ether oxygens (including phenoxy) is 2. The number of hydrogen-bond donors (Lipinski definition) is 1. The first-order chi connectivity index (χ1) is 9.88. The molecule has 0 bridgehead atoms. The average molecular weight is 338 g/mol. The fourth-order valence-corrected chi connectivity index (χ4v) is 3.62. The van der Waals surface area contributed by atoms with Gasteiger partial charge in [-0.05, 0) is 18.6 Å². The van der Waals surface area contributed by atoms with Crippen molar-refractivity contribution >= 4 is 21.6 Å². The molecule has 0 fully saturated rings. The van der Waals surface area contributed by atoms with Gasteiger partial charge in [0, 0.05) is 37.9 Å². The van der Waals surface area contributed by atoms with Crippen LogP contribution in [0.5, 0.6) is 5.75 Å². The van der Waals surface area contributed by atoms with Gasteiger partial charge in [0.1, 0.15) is 10.6 Å². The Hall–Kier alpha value is -0.860. The maximum Gasteiger partial charge on any atom is 0.246 e. The van der Waals surface area contributed by atoms with E-state index in [2.05, 4.69) is 0 Å². The van der Waals surface area contributed by atoms with Crippen LogP contribution in [0.4, 0.5) is 0 Å².